The molecule has 0 aliphatic heterocycles. The van der Waals surface area contributed by atoms with Crippen molar-refractivity contribution >= 4 is 5.91 Å². The maximum absolute atomic E-state index is 12.2. The van der Waals surface area contributed by atoms with E-state index in [1.165, 1.54) is 5.56 Å². The van der Waals surface area contributed by atoms with E-state index >= 15 is 0 Å². The highest BCUT2D eigenvalue weighted by atomic mass is 16.2. The van der Waals surface area contributed by atoms with Gasteiger partial charge in [-0.1, -0.05) is 37.3 Å². The molecule has 1 heterocycles. The third-order valence-corrected chi connectivity index (χ3v) is 3.14. The fraction of sp³-hybridized carbons (Fsp3) is 0.400. The summed E-state index contributed by atoms with van der Waals surface area (Å²) in [5.41, 5.74) is 1.22. The molecule has 0 radical (unpaired) electrons. The number of carbonyl (C=O) groups is 1. The molecule has 5 heteroatoms. The topological polar surface area (TPSA) is 61.9 Å². The minimum absolute atomic E-state index is 0.139. The van der Waals surface area contributed by atoms with Crippen molar-refractivity contribution in [3.05, 3.63) is 47.5 Å². The fourth-order valence-corrected chi connectivity index (χ4v) is 1.95. The standard InChI is InChI=1S/C15H20N4O/c1-3-7-13-16-14(18-17-13)15(20)19(2)11-10-12-8-5-4-6-9-12/h4-6,8-9H,3,7,10-11H2,1-2H3,(H,16,17,18). The maximum Gasteiger partial charge on any atom is 0.293 e. The number of aromatic nitrogens is 3. The lowest BCUT2D eigenvalue weighted by Gasteiger charge is -2.14. The van der Waals surface area contributed by atoms with E-state index in [1.807, 2.05) is 18.2 Å². The molecule has 1 N–H and O–H groups in total. The summed E-state index contributed by atoms with van der Waals surface area (Å²) < 4.78 is 0. The number of H-pyrrole nitrogens is 1. The van der Waals surface area contributed by atoms with Crippen LogP contribution in [0, 0.1) is 0 Å². The van der Waals surface area contributed by atoms with Crippen LogP contribution < -0.4 is 0 Å². The minimum Gasteiger partial charge on any atom is -0.339 e. The number of amides is 1. The normalized spacial score (nSPS) is 10.5. The molecule has 0 saturated carbocycles. The van der Waals surface area contributed by atoms with E-state index in [1.54, 1.807) is 11.9 Å². The van der Waals surface area contributed by atoms with Gasteiger partial charge in [0.2, 0.25) is 5.82 Å². The Hall–Kier alpha value is -2.17. The predicted molar refractivity (Wildman–Crippen MR) is 77.5 cm³/mol. The van der Waals surface area contributed by atoms with E-state index in [9.17, 15) is 4.79 Å². The van der Waals surface area contributed by atoms with E-state index in [4.69, 9.17) is 0 Å². The van der Waals surface area contributed by atoms with Crippen molar-refractivity contribution < 1.29 is 4.79 Å². The zero-order chi connectivity index (χ0) is 14.4. The Morgan fingerprint density at radius 2 is 2.00 bits per heavy atom. The number of aryl methyl sites for hydroxylation is 1. The summed E-state index contributed by atoms with van der Waals surface area (Å²) in [5.74, 6) is 0.885. The predicted octanol–water partition coefficient (Wildman–Crippen LogP) is 2.07. The molecule has 0 bridgehead atoms. The number of carbonyl (C=O) groups excluding carboxylic acids is 1. The second kappa shape index (κ2) is 6.84. The Kier molecular flexibility index (Phi) is 4.87. The van der Waals surface area contributed by atoms with E-state index in [-0.39, 0.29) is 11.7 Å². The molecule has 0 saturated heterocycles. The molecular weight excluding hydrogens is 252 g/mol. The number of rotatable bonds is 6. The van der Waals surface area contributed by atoms with Gasteiger partial charge in [-0.25, -0.2) is 4.98 Å². The van der Waals surface area contributed by atoms with Crippen molar-refractivity contribution in [1.82, 2.24) is 20.1 Å². The molecule has 106 valence electrons. The lowest BCUT2D eigenvalue weighted by molar-refractivity contribution is 0.0785. The second-order valence-electron chi connectivity index (χ2n) is 4.82. The number of hydrogen-bond donors (Lipinski definition) is 1. The Morgan fingerprint density at radius 1 is 1.25 bits per heavy atom. The Morgan fingerprint density at radius 3 is 2.70 bits per heavy atom. The van der Waals surface area contributed by atoms with Gasteiger partial charge in [-0.05, 0) is 18.4 Å². The molecular formula is C15H20N4O. The molecule has 0 fully saturated rings. The van der Waals surface area contributed by atoms with E-state index in [0.29, 0.717) is 6.54 Å². The third-order valence-electron chi connectivity index (χ3n) is 3.14. The molecule has 2 rings (SSSR count). The minimum atomic E-state index is -0.139. The van der Waals surface area contributed by atoms with E-state index < -0.39 is 0 Å². The van der Waals surface area contributed by atoms with Gasteiger partial charge >= 0.3 is 0 Å². The van der Waals surface area contributed by atoms with Gasteiger partial charge in [-0.15, -0.1) is 5.10 Å². The van der Waals surface area contributed by atoms with Crippen LogP contribution in [0.25, 0.3) is 0 Å². The fourth-order valence-electron chi connectivity index (χ4n) is 1.95. The van der Waals surface area contributed by atoms with Gasteiger partial charge in [-0.3, -0.25) is 9.89 Å². The molecule has 1 aromatic carbocycles. The van der Waals surface area contributed by atoms with Gasteiger partial charge in [0.15, 0.2) is 0 Å². The Bertz CT molecular complexity index is 550. The number of likely N-dealkylation sites (N-methyl/N-ethyl adjacent to an activating group) is 1. The van der Waals surface area contributed by atoms with Crippen molar-refractivity contribution in [2.24, 2.45) is 0 Å². The summed E-state index contributed by atoms with van der Waals surface area (Å²) >= 11 is 0. The monoisotopic (exact) mass is 272 g/mol. The van der Waals surface area contributed by atoms with Crippen LogP contribution in [0.4, 0.5) is 0 Å². The quantitative estimate of drug-likeness (QED) is 0.875. The Balaban J connectivity index is 1.91. The molecule has 5 nitrogen and oxygen atoms in total. The molecule has 0 aliphatic carbocycles. The SMILES string of the molecule is CCCc1nc(C(=O)N(C)CCc2ccccc2)n[nH]1. The number of aromatic amines is 1. The van der Waals surface area contributed by atoms with Crippen LogP contribution >= 0.6 is 0 Å². The van der Waals surface area contributed by atoms with Crippen molar-refractivity contribution in [1.29, 1.82) is 0 Å². The zero-order valence-electron chi connectivity index (χ0n) is 12.0. The molecule has 0 aliphatic rings. The van der Waals surface area contributed by atoms with Crippen molar-refractivity contribution in [3.8, 4) is 0 Å². The Labute approximate surface area is 119 Å². The highest BCUT2D eigenvalue weighted by Gasteiger charge is 2.16. The van der Waals surface area contributed by atoms with Crippen LogP contribution in [0.15, 0.2) is 30.3 Å². The molecule has 1 aromatic heterocycles. The van der Waals surface area contributed by atoms with Gasteiger partial charge < -0.3 is 4.90 Å². The first-order chi connectivity index (χ1) is 9.70. The summed E-state index contributed by atoms with van der Waals surface area (Å²) in [6, 6.07) is 10.1. The average molecular weight is 272 g/mol. The van der Waals surface area contributed by atoms with Crippen molar-refractivity contribution in [2.75, 3.05) is 13.6 Å². The number of hydrogen-bond acceptors (Lipinski definition) is 3. The molecule has 2 aromatic rings. The molecule has 1 amide bonds. The van der Waals surface area contributed by atoms with Crippen LogP contribution in [-0.2, 0) is 12.8 Å². The van der Waals surface area contributed by atoms with Crippen molar-refractivity contribution in [3.63, 3.8) is 0 Å². The number of benzene rings is 1. The lowest BCUT2D eigenvalue weighted by atomic mass is 10.1. The maximum atomic E-state index is 12.2. The largest absolute Gasteiger partial charge is 0.339 e. The van der Waals surface area contributed by atoms with Gasteiger partial charge in [-0.2, -0.15) is 0 Å². The van der Waals surface area contributed by atoms with E-state index in [0.717, 1.165) is 25.1 Å². The van der Waals surface area contributed by atoms with Crippen LogP contribution in [-0.4, -0.2) is 39.6 Å². The number of nitrogens with zero attached hydrogens (tertiary/aromatic N) is 3. The first-order valence-corrected chi connectivity index (χ1v) is 6.91. The molecule has 0 unspecified atom stereocenters. The van der Waals surface area contributed by atoms with Crippen LogP contribution in [0.3, 0.4) is 0 Å². The van der Waals surface area contributed by atoms with Gasteiger partial charge in [0, 0.05) is 20.0 Å². The first-order valence-electron chi connectivity index (χ1n) is 6.91. The van der Waals surface area contributed by atoms with Gasteiger partial charge in [0.1, 0.15) is 5.82 Å². The first kappa shape index (κ1) is 14.2. The van der Waals surface area contributed by atoms with Gasteiger partial charge in [0.05, 0.1) is 0 Å². The third kappa shape index (κ3) is 3.66. The molecule has 0 atom stereocenters. The van der Waals surface area contributed by atoms with Crippen molar-refractivity contribution in [2.45, 2.75) is 26.2 Å². The summed E-state index contributed by atoms with van der Waals surface area (Å²) in [7, 11) is 1.78. The van der Waals surface area contributed by atoms with Crippen LogP contribution in [0.5, 0.6) is 0 Å². The summed E-state index contributed by atoms with van der Waals surface area (Å²) in [6.07, 6.45) is 2.62. The highest BCUT2D eigenvalue weighted by Crippen LogP contribution is 2.04. The van der Waals surface area contributed by atoms with Crippen LogP contribution in [0.1, 0.15) is 35.4 Å². The number of nitrogens with one attached hydrogen (secondary N) is 1. The summed E-state index contributed by atoms with van der Waals surface area (Å²) in [4.78, 5) is 18.0. The highest BCUT2D eigenvalue weighted by molar-refractivity contribution is 5.90. The second-order valence-corrected chi connectivity index (χ2v) is 4.82. The smallest absolute Gasteiger partial charge is 0.293 e. The summed E-state index contributed by atoms with van der Waals surface area (Å²) in [5, 5.41) is 6.79. The molecule has 0 spiro atoms. The molecule has 20 heavy (non-hydrogen) atoms. The summed E-state index contributed by atoms with van der Waals surface area (Å²) in [6.45, 7) is 2.72. The van der Waals surface area contributed by atoms with E-state index in [2.05, 4.69) is 34.2 Å². The van der Waals surface area contributed by atoms with Crippen LogP contribution in [0.2, 0.25) is 0 Å². The average Bonchev–Trinajstić information content (AvgIpc) is 2.94. The van der Waals surface area contributed by atoms with Gasteiger partial charge in [0.25, 0.3) is 5.91 Å². The zero-order valence-corrected chi connectivity index (χ0v) is 12.0. The lowest BCUT2D eigenvalue weighted by Crippen LogP contribution is -2.29.